The Morgan fingerprint density at radius 3 is 2.67 bits per heavy atom. The molecule has 0 unspecified atom stereocenters. The van der Waals surface area contributed by atoms with E-state index in [9.17, 15) is 18.4 Å². The van der Waals surface area contributed by atoms with E-state index >= 15 is 0 Å². The van der Waals surface area contributed by atoms with Crippen molar-refractivity contribution in [3.63, 3.8) is 0 Å². The summed E-state index contributed by atoms with van der Waals surface area (Å²) >= 11 is 0. The van der Waals surface area contributed by atoms with Crippen LogP contribution in [0.2, 0.25) is 0 Å². The summed E-state index contributed by atoms with van der Waals surface area (Å²) in [4.78, 5) is 24.2. The van der Waals surface area contributed by atoms with Crippen LogP contribution in [0, 0.1) is 0 Å². The van der Waals surface area contributed by atoms with E-state index in [0.717, 1.165) is 0 Å². The minimum atomic E-state index is -2.93. The zero-order valence-electron chi connectivity index (χ0n) is 14.1. The Labute approximate surface area is 151 Å². The number of hydrazone groups is 1. The summed E-state index contributed by atoms with van der Waals surface area (Å²) in [5.74, 6) is -0.640. The van der Waals surface area contributed by atoms with Gasteiger partial charge in [-0.1, -0.05) is 30.3 Å². The van der Waals surface area contributed by atoms with Crippen molar-refractivity contribution in [2.24, 2.45) is 5.10 Å². The van der Waals surface area contributed by atoms with Gasteiger partial charge in [0, 0.05) is 10.9 Å². The SMILES string of the molecule is C/C(=N/NC(=O)c1n[nH]c(=O)c2ccccc12)c1cccc(OC(F)F)c1. The van der Waals surface area contributed by atoms with E-state index in [4.69, 9.17) is 0 Å². The molecule has 27 heavy (non-hydrogen) atoms. The fourth-order valence-electron chi connectivity index (χ4n) is 2.44. The van der Waals surface area contributed by atoms with Crippen molar-refractivity contribution < 1.29 is 18.3 Å². The molecule has 0 atom stereocenters. The maximum absolute atomic E-state index is 12.4. The molecule has 0 fully saturated rings. The van der Waals surface area contributed by atoms with E-state index in [1.54, 1.807) is 37.3 Å². The fourth-order valence-corrected chi connectivity index (χ4v) is 2.44. The number of ether oxygens (including phenoxy) is 1. The third kappa shape index (κ3) is 4.14. The van der Waals surface area contributed by atoms with Crippen molar-refractivity contribution in [1.82, 2.24) is 15.6 Å². The first-order chi connectivity index (χ1) is 13.0. The highest BCUT2D eigenvalue weighted by atomic mass is 19.3. The maximum Gasteiger partial charge on any atom is 0.387 e. The first-order valence-corrected chi connectivity index (χ1v) is 7.83. The molecule has 3 aromatic rings. The minimum absolute atomic E-state index is 0.0107. The molecule has 0 bridgehead atoms. The van der Waals surface area contributed by atoms with Gasteiger partial charge in [-0.2, -0.15) is 19.0 Å². The van der Waals surface area contributed by atoms with E-state index in [0.29, 0.717) is 22.0 Å². The van der Waals surface area contributed by atoms with E-state index in [1.165, 1.54) is 18.2 Å². The van der Waals surface area contributed by atoms with Crippen LogP contribution in [0.25, 0.3) is 10.8 Å². The highest BCUT2D eigenvalue weighted by Gasteiger charge is 2.13. The molecule has 1 aromatic heterocycles. The molecule has 7 nitrogen and oxygen atoms in total. The summed E-state index contributed by atoms with van der Waals surface area (Å²) in [7, 11) is 0. The van der Waals surface area contributed by atoms with E-state index in [-0.39, 0.29) is 11.4 Å². The van der Waals surface area contributed by atoms with Gasteiger partial charge in [0.2, 0.25) is 0 Å². The Kier molecular flexibility index (Phi) is 5.20. The second-order valence-electron chi connectivity index (χ2n) is 5.49. The van der Waals surface area contributed by atoms with Gasteiger partial charge in [0.1, 0.15) is 5.75 Å². The number of aromatic amines is 1. The van der Waals surface area contributed by atoms with Gasteiger partial charge in [-0.25, -0.2) is 10.5 Å². The number of nitrogens with zero attached hydrogens (tertiary/aromatic N) is 2. The number of amides is 1. The fraction of sp³-hybridized carbons (Fsp3) is 0.111. The molecule has 0 spiro atoms. The van der Waals surface area contributed by atoms with Crippen LogP contribution in [-0.4, -0.2) is 28.4 Å². The number of alkyl halides is 2. The molecular formula is C18H14F2N4O3. The Morgan fingerprint density at radius 2 is 1.93 bits per heavy atom. The summed E-state index contributed by atoms with van der Waals surface area (Å²) in [6, 6.07) is 12.5. The number of hydrogen-bond acceptors (Lipinski definition) is 5. The third-order valence-corrected chi connectivity index (χ3v) is 3.71. The second-order valence-corrected chi connectivity index (χ2v) is 5.49. The van der Waals surface area contributed by atoms with Crippen LogP contribution in [0.3, 0.4) is 0 Å². The number of fused-ring (bicyclic) bond motifs is 1. The molecule has 3 rings (SSSR count). The van der Waals surface area contributed by atoms with Crippen molar-refractivity contribution >= 4 is 22.4 Å². The van der Waals surface area contributed by atoms with Gasteiger partial charge in [-0.05, 0) is 25.1 Å². The minimum Gasteiger partial charge on any atom is -0.435 e. The van der Waals surface area contributed by atoms with Gasteiger partial charge < -0.3 is 4.74 Å². The standard InChI is InChI=1S/C18H14F2N4O3/c1-10(11-5-4-6-12(9-11)27-18(19)20)21-24-17(26)15-13-7-2-3-8-14(13)16(25)23-22-15/h2-9,18H,1H3,(H,23,25)(H,24,26)/b21-10-. The molecule has 0 saturated heterocycles. The molecule has 138 valence electrons. The number of H-pyrrole nitrogens is 1. The normalized spacial score (nSPS) is 11.6. The first-order valence-electron chi connectivity index (χ1n) is 7.83. The van der Waals surface area contributed by atoms with Crippen LogP contribution >= 0.6 is 0 Å². The van der Waals surface area contributed by atoms with Crippen LogP contribution in [0.15, 0.2) is 58.4 Å². The topological polar surface area (TPSA) is 96.4 Å². The average Bonchev–Trinajstić information content (AvgIpc) is 2.66. The number of benzene rings is 2. The molecule has 1 amide bonds. The summed E-state index contributed by atoms with van der Waals surface area (Å²) in [6.45, 7) is -1.34. The summed E-state index contributed by atoms with van der Waals surface area (Å²) in [5, 5.41) is 10.7. The lowest BCUT2D eigenvalue weighted by molar-refractivity contribution is -0.0498. The van der Waals surface area contributed by atoms with Gasteiger partial charge in [-0.3, -0.25) is 9.59 Å². The summed E-state index contributed by atoms with van der Waals surface area (Å²) in [6.07, 6.45) is 0. The quantitative estimate of drug-likeness (QED) is 0.532. The molecule has 0 aliphatic heterocycles. The Hall–Kier alpha value is -3.62. The highest BCUT2D eigenvalue weighted by Crippen LogP contribution is 2.16. The predicted molar refractivity (Wildman–Crippen MR) is 95.1 cm³/mol. The Bertz CT molecular complexity index is 1080. The summed E-state index contributed by atoms with van der Waals surface area (Å²) in [5.41, 5.74) is 2.82. The van der Waals surface area contributed by atoms with Gasteiger partial charge in [-0.15, -0.1) is 0 Å². The Balaban J connectivity index is 1.83. The van der Waals surface area contributed by atoms with Crippen LogP contribution in [0.5, 0.6) is 5.75 Å². The molecule has 0 aliphatic rings. The van der Waals surface area contributed by atoms with Crippen molar-refractivity contribution in [2.75, 3.05) is 0 Å². The molecule has 2 N–H and O–H groups in total. The average molecular weight is 372 g/mol. The van der Waals surface area contributed by atoms with Crippen LogP contribution in [0.1, 0.15) is 23.0 Å². The zero-order chi connectivity index (χ0) is 19.4. The lowest BCUT2D eigenvalue weighted by Gasteiger charge is -2.07. The highest BCUT2D eigenvalue weighted by molar-refractivity contribution is 6.06. The van der Waals surface area contributed by atoms with Gasteiger partial charge in [0.25, 0.3) is 11.5 Å². The van der Waals surface area contributed by atoms with Crippen molar-refractivity contribution in [3.8, 4) is 5.75 Å². The van der Waals surface area contributed by atoms with E-state index in [2.05, 4.69) is 25.5 Å². The van der Waals surface area contributed by atoms with Gasteiger partial charge in [0.05, 0.1) is 11.1 Å². The molecule has 0 aliphatic carbocycles. The number of halogens is 2. The monoisotopic (exact) mass is 372 g/mol. The number of rotatable bonds is 5. The number of aromatic nitrogens is 2. The first kappa shape index (κ1) is 18.2. The zero-order valence-corrected chi connectivity index (χ0v) is 14.1. The molecule has 0 saturated carbocycles. The molecule has 9 heteroatoms. The molecule has 0 radical (unpaired) electrons. The van der Waals surface area contributed by atoms with Crippen LogP contribution < -0.4 is 15.7 Å². The van der Waals surface area contributed by atoms with Gasteiger partial charge in [0.15, 0.2) is 5.69 Å². The molecular weight excluding hydrogens is 358 g/mol. The van der Waals surface area contributed by atoms with E-state index < -0.39 is 18.1 Å². The Morgan fingerprint density at radius 1 is 1.19 bits per heavy atom. The predicted octanol–water partition coefficient (Wildman–Crippen LogP) is 2.68. The number of nitrogens with one attached hydrogen (secondary N) is 2. The lowest BCUT2D eigenvalue weighted by atomic mass is 10.1. The number of hydrogen-bond donors (Lipinski definition) is 2. The van der Waals surface area contributed by atoms with Crippen molar-refractivity contribution in [1.29, 1.82) is 0 Å². The van der Waals surface area contributed by atoms with Crippen molar-refractivity contribution in [3.05, 3.63) is 70.1 Å². The van der Waals surface area contributed by atoms with Crippen molar-refractivity contribution in [2.45, 2.75) is 13.5 Å². The van der Waals surface area contributed by atoms with Crippen LogP contribution in [-0.2, 0) is 0 Å². The van der Waals surface area contributed by atoms with E-state index in [1.807, 2.05) is 0 Å². The maximum atomic E-state index is 12.4. The smallest absolute Gasteiger partial charge is 0.387 e. The third-order valence-electron chi connectivity index (χ3n) is 3.71. The largest absolute Gasteiger partial charge is 0.435 e. The van der Waals surface area contributed by atoms with Gasteiger partial charge >= 0.3 is 6.61 Å². The number of carbonyl (C=O) groups excluding carboxylic acids is 1. The lowest BCUT2D eigenvalue weighted by Crippen LogP contribution is -2.23. The van der Waals surface area contributed by atoms with Crippen LogP contribution in [0.4, 0.5) is 8.78 Å². The summed E-state index contributed by atoms with van der Waals surface area (Å²) < 4.78 is 29.0. The molecule has 1 heterocycles. The second kappa shape index (κ2) is 7.73. The molecule has 2 aromatic carbocycles. The number of carbonyl (C=O) groups is 1.